The third-order valence-electron chi connectivity index (χ3n) is 3.51. The van der Waals surface area contributed by atoms with Crippen LogP contribution in [0.1, 0.15) is 30.0 Å². The van der Waals surface area contributed by atoms with Crippen LogP contribution in [-0.4, -0.2) is 10.1 Å². The maximum atomic E-state index is 12.8. The average molecular weight is 258 g/mol. The number of phenols is 1. The third-order valence-corrected chi connectivity index (χ3v) is 3.51. The summed E-state index contributed by atoms with van der Waals surface area (Å²) in [6, 6.07) is 8.73. The lowest BCUT2D eigenvalue weighted by molar-refractivity contribution is 0.472. The number of rotatable bonds is 2. The van der Waals surface area contributed by atoms with E-state index in [1.807, 2.05) is 12.1 Å². The summed E-state index contributed by atoms with van der Waals surface area (Å²) in [5, 5.41) is 12.9. The van der Waals surface area contributed by atoms with Gasteiger partial charge in [0.2, 0.25) is 5.95 Å². The van der Waals surface area contributed by atoms with Crippen molar-refractivity contribution in [3.8, 4) is 5.75 Å². The van der Waals surface area contributed by atoms with Crippen molar-refractivity contribution in [1.29, 1.82) is 0 Å². The zero-order valence-corrected chi connectivity index (χ0v) is 10.4. The predicted molar refractivity (Wildman–Crippen MR) is 71.6 cm³/mol. The summed E-state index contributed by atoms with van der Waals surface area (Å²) in [5.41, 5.74) is 3.19. The summed E-state index contributed by atoms with van der Waals surface area (Å²) in [4.78, 5) is 3.65. The second-order valence-electron chi connectivity index (χ2n) is 4.84. The number of aromatic nitrogens is 1. The van der Waals surface area contributed by atoms with Crippen molar-refractivity contribution in [3.05, 3.63) is 53.6 Å². The molecule has 0 radical (unpaired) electrons. The van der Waals surface area contributed by atoms with E-state index in [1.54, 1.807) is 12.1 Å². The van der Waals surface area contributed by atoms with Gasteiger partial charge in [-0.25, -0.2) is 4.98 Å². The molecule has 1 aromatic carbocycles. The monoisotopic (exact) mass is 258 g/mol. The highest BCUT2D eigenvalue weighted by molar-refractivity contribution is 5.46. The maximum Gasteiger partial charge on any atom is 0.212 e. The minimum atomic E-state index is -0.473. The van der Waals surface area contributed by atoms with E-state index in [1.165, 1.54) is 23.4 Å². The predicted octanol–water partition coefficient (Wildman–Crippen LogP) is 3.42. The molecule has 2 N–H and O–H groups in total. The fourth-order valence-electron chi connectivity index (χ4n) is 2.61. The van der Waals surface area contributed by atoms with Crippen molar-refractivity contribution in [3.63, 3.8) is 0 Å². The second-order valence-corrected chi connectivity index (χ2v) is 4.84. The number of pyridine rings is 1. The Labute approximate surface area is 111 Å². The summed E-state index contributed by atoms with van der Waals surface area (Å²) in [7, 11) is 0. The van der Waals surface area contributed by atoms with Crippen molar-refractivity contribution in [2.45, 2.75) is 25.3 Å². The van der Waals surface area contributed by atoms with E-state index < -0.39 is 5.95 Å². The molecule has 4 heteroatoms. The van der Waals surface area contributed by atoms with Crippen molar-refractivity contribution >= 4 is 5.69 Å². The Morgan fingerprint density at radius 1 is 1.26 bits per heavy atom. The molecule has 0 aliphatic heterocycles. The molecule has 1 aromatic heterocycles. The third kappa shape index (κ3) is 2.52. The molecule has 0 spiro atoms. The standard InChI is InChI=1S/C15H15FN2O/c16-15-7-4-11(9-17-15)18-14-3-1-2-10-8-12(19)5-6-13(10)14/h4-9,14,18-19H,1-3H2. The van der Waals surface area contributed by atoms with Crippen molar-refractivity contribution in [1.82, 2.24) is 4.98 Å². The molecule has 19 heavy (non-hydrogen) atoms. The van der Waals surface area contributed by atoms with E-state index in [0.29, 0.717) is 5.75 Å². The number of aryl methyl sites for hydroxylation is 1. The Kier molecular flexibility index (Phi) is 3.07. The first kappa shape index (κ1) is 12.0. The summed E-state index contributed by atoms with van der Waals surface area (Å²) in [6.07, 6.45) is 4.59. The maximum absolute atomic E-state index is 12.8. The molecule has 0 bridgehead atoms. The fraction of sp³-hybridized carbons (Fsp3) is 0.267. The molecule has 1 atom stereocenters. The van der Waals surface area contributed by atoms with Crippen LogP contribution in [-0.2, 0) is 6.42 Å². The summed E-state index contributed by atoms with van der Waals surface area (Å²) >= 11 is 0. The molecule has 1 aliphatic rings. The Bertz CT molecular complexity index is 583. The smallest absolute Gasteiger partial charge is 0.212 e. The number of nitrogens with one attached hydrogen (secondary N) is 1. The van der Waals surface area contributed by atoms with Gasteiger partial charge in [0.15, 0.2) is 0 Å². The van der Waals surface area contributed by atoms with Crippen LogP contribution in [0, 0.1) is 5.95 Å². The zero-order valence-electron chi connectivity index (χ0n) is 10.4. The first-order valence-electron chi connectivity index (χ1n) is 6.42. The van der Waals surface area contributed by atoms with Gasteiger partial charge in [0.1, 0.15) is 5.75 Å². The van der Waals surface area contributed by atoms with Gasteiger partial charge in [-0.05, 0) is 54.7 Å². The first-order valence-corrected chi connectivity index (χ1v) is 6.42. The minimum absolute atomic E-state index is 0.191. The van der Waals surface area contributed by atoms with Gasteiger partial charge < -0.3 is 10.4 Å². The highest BCUT2D eigenvalue weighted by Gasteiger charge is 2.20. The number of hydrogen-bond acceptors (Lipinski definition) is 3. The van der Waals surface area contributed by atoms with E-state index in [0.717, 1.165) is 24.9 Å². The van der Waals surface area contributed by atoms with E-state index >= 15 is 0 Å². The number of phenolic OH excluding ortho intramolecular Hbond substituents is 1. The molecule has 3 nitrogen and oxygen atoms in total. The summed E-state index contributed by atoms with van der Waals surface area (Å²) in [5.74, 6) is -0.164. The van der Waals surface area contributed by atoms with Crippen LogP contribution in [0.3, 0.4) is 0 Å². The van der Waals surface area contributed by atoms with Crippen LogP contribution in [0.2, 0.25) is 0 Å². The highest BCUT2D eigenvalue weighted by atomic mass is 19.1. The van der Waals surface area contributed by atoms with Gasteiger partial charge in [0, 0.05) is 0 Å². The van der Waals surface area contributed by atoms with Crippen LogP contribution in [0.15, 0.2) is 36.5 Å². The number of nitrogens with zero attached hydrogens (tertiary/aromatic N) is 1. The summed E-state index contributed by atoms with van der Waals surface area (Å²) in [6.45, 7) is 0. The van der Waals surface area contributed by atoms with Crippen molar-refractivity contribution in [2.75, 3.05) is 5.32 Å². The molecule has 2 aromatic rings. The highest BCUT2D eigenvalue weighted by Crippen LogP contribution is 2.34. The van der Waals surface area contributed by atoms with Crippen molar-refractivity contribution in [2.24, 2.45) is 0 Å². The van der Waals surface area contributed by atoms with E-state index in [9.17, 15) is 9.50 Å². The Morgan fingerprint density at radius 2 is 2.16 bits per heavy atom. The Hall–Kier alpha value is -2.10. The lowest BCUT2D eigenvalue weighted by Gasteiger charge is -2.27. The summed E-state index contributed by atoms with van der Waals surface area (Å²) < 4.78 is 12.8. The lowest BCUT2D eigenvalue weighted by atomic mass is 9.87. The van der Waals surface area contributed by atoms with E-state index in [-0.39, 0.29) is 6.04 Å². The number of anilines is 1. The molecule has 1 unspecified atom stereocenters. The number of halogens is 1. The number of fused-ring (bicyclic) bond motifs is 1. The molecule has 1 heterocycles. The van der Waals surface area contributed by atoms with E-state index in [4.69, 9.17) is 0 Å². The average Bonchev–Trinajstić information content (AvgIpc) is 2.41. The number of benzene rings is 1. The van der Waals surface area contributed by atoms with Gasteiger partial charge in [0.05, 0.1) is 17.9 Å². The molecule has 0 saturated carbocycles. The molecular weight excluding hydrogens is 243 g/mol. The minimum Gasteiger partial charge on any atom is -0.508 e. The van der Waals surface area contributed by atoms with Crippen LogP contribution in [0.5, 0.6) is 5.75 Å². The van der Waals surface area contributed by atoms with Crippen LogP contribution in [0.25, 0.3) is 0 Å². The Morgan fingerprint density at radius 3 is 2.95 bits per heavy atom. The molecule has 3 rings (SSSR count). The first-order chi connectivity index (χ1) is 9.22. The molecular formula is C15H15FN2O. The quantitative estimate of drug-likeness (QED) is 0.811. The van der Waals surface area contributed by atoms with E-state index in [2.05, 4.69) is 10.3 Å². The van der Waals surface area contributed by atoms with Gasteiger partial charge in [0.25, 0.3) is 0 Å². The van der Waals surface area contributed by atoms with Gasteiger partial charge in [-0.3, -0.25) is 0 Å². The normalized spacial score (nSPS) is 17.8. The molecule has 98 valence electrons. The fourth-order valence-corrected chi connectivity index (χ4v) is 2.61. The zero-order chi connectivity index (χ0) is 13.2. The van der Waals surface area contributed by atoms with Crippen LogP contribution in [0.4, 0.5) is 10.1 Å². The number of hydrogen-bond donors (Lipinski definition) is 2. The molecule has 0 saturated heterocycles. The van der Waals surface area contributed by atoms with Crippen LogP contribution >= 0.6 is 0 Å². The van der Waals surface area contributed by atoms with Gasteiger partial charge in [-0.1, -0.05) is 6.07 Å². The molecule has 1 aliphatic carbocycles. The van der Waals surface area contributed by atoms with Crippen molar-refractivity contribution < 1.29 is 9.50 Å². The second kappa shape index (κ2) is 4.88. The molecule has 0 fully saturated rings. The Balaban J connectivity index is 1.85. The van der Waals surface area contributed by atoms with Crippen LogP contribution < -0.4 is 5.32 Å². The van der Waals surface area contributed by atoms with Gasteiger partial charge >= 0.3 is 0 Å². The topological polar surface area (TPSA) is 45.1 Å². The van der Waals surface area contributed by atoms with Gasteiger partial charge in [-0.15, -0.1) is 0 Å². The van der Waals surface area contributed by atoms with Gasteiger partial charge in [-0.2, -0.15) is 4.39 Å². The largest absolute Gasteiger partial charge is 0.508 e. The SMILES string of the molecule is Oc1ccc2c(c1)CCCC2Nc1ccc(F)nc1. The molecule has 0 amide bonds. The number of aromatic hydroxyl groups is 1. The lowest BCUT2D eigenvalue weighted by Crippen LogP contribution is -2.17.